The van der Waals surface area contributed by atoms with Crippen LogP contribution in [-0.2, 0) is 11.2 Å². The molecule has 2 heterocycles. The van der Waals surface area contributed by atoms with E-state index in [0.717, 1.165) is 24.0 Å². The summed E-state index contributed by atoms with van der Waals surface area (Å²) in [6.45, 7) is 0.593. The number of amides is 2. The minimum absolute atomic E-state index is 0.0665. The number of benzene rings is 2. The van der Waals surface area contributed by atoms with Crippen molar-refractivity contribution in [1.82, 2.24) is 14.9 Å². The van der Waals surface area contributed by atoms with Crippen molar-refractivity contribution in [3.05, 3.63) is 77.4 Å². The Morgan fingerprint density at radius 3 is 2.68 bits per heavy atom. The maximum atomic E-state index is 13.2. The van der Waals surface area contributed by atoms with Crippen LogP contribution in [0.15, 0.2) is 54.7 Å². The summed E-state index contributed by atoms with van der Waals surface area (Å²) in [5.41, 5.74) is 14.5. The largest absolute Gasteiger partial charge is 0.368 e. The molecule has 1 aliphatic rings. The highest BCUT2D eigenvalue weighted by Gasteiger charge is 2.33. The Hall–Kier alpha value is -3.81. The number of nitrogen functional groups attached to an aromatic ring is 1. The average molecular weight is 419 g/mol. The van der Waals surface area contributed by atoms with Crippen molar-refractivity contribution < 1.29 is 14.0 Å². The van der Waals surface area contributed by atoms with Crippen LogP contribution in [0.3, 0.4) is 0 Å². The first-order valence-corrected chi connectivity index (χ1v) is 9.99. The zero-order chi connectivity index (χ0) is 22.0. The summed E-state index contributed by atoms with van der Waals surface area (Å²) in [7, 11) is 0. The van der Waals surface area contributed by atoms with Gasteiger partial charge in [-0.1, -0.05) is 24.3 Å². The van der Waals surface area contributed by atoms with Crippen molar-refractivity contribution in [3.8, 4) is 11.1 Å². The quantitative estimate of drug-likeness (QED) is 0.660. The van der Waals surface area contributed by atoms with Crippen LogP contribution in [-0.4, -0.2) is 33.2 Å². The Morgan fingerprint density at radius 1 is 1.16 bits per heavy atom. The Labute approximate surface area is 178 Å². The Balaban J connectivity index is 1.67. The minimum Gasteiger partial charge on any atom is -0.368 e. The molecule has 0 unspecified atom stereocenters. The molecule has 4 rings (SSSR count). The van der Waals surface area contributed by atoms with Crippen LogP contribution in [0.5, 0.6) is 0 Å². The van der Waals surface area contributed by atoms with Crippen LogP contribution in [0.1, 0.15) is 40.5 Å². The van der Waals surface area contributed by atoms with E-state index in [-0.39, 0.29) is 30.1 Å². The molecule has 31 heavy (non-hydrogen) atoms. The van der Waals surface area contributed by atoms with Crippen LogP contribution in [0.4, 0.5) is 10.3 Å². The van der Waals surface area contributed by atoms with E-state index in [1.165, 1.54) is 12.1 Å². The molecule has 0 aliphatic carbocycles. The van der Waals surface area contributed by atoms with Crippen molar-refractivity contribution >= 4 is 17.8 Å². The van der Waals surface area contributed by atoms with Crippen molar-refractivity contribution in [1.29, 1.82) is 0 Å². The van der Waals surface area contributed by atoms with Gasteiger partial charge in [0.05, 0.1) is 18.2 Å². The normalized spacial score (nSPS) is 15.8. The molecule has 1 saturated heterocycles. The van der Waals surface area contributed by atoms with Crippen LogP contribution >= 0.6 is 0 Å². The second kappa shape index (κ2) is 8.51. The maximum absolute atomic E-state index is 13.2. The third-order valence-electron chi connectivity index (χ3n) is 5.45. The fraction of sp³-hybridized carbons (Fsp3) is 0.217. The van der Waals surface area contributed by atoms with Gasteiger partial charge in [0.1, 0.15) is 5.82 Å². The first-order valence-electron chi connectivity index (χ1n) is 9.99. The zero-order valence-electron chi connectivity index (χ0n) is 16.8. The van der Waals surface area contributed by atoms with Crippen molar-refractivity contribution in [3.63, 3.8) is 0 Å². The SMILES string of the molecule is NC(=O)c1cccc(-c2cnc(N)nc2[C@@H]2CCCN2C(=O)Cc2ccc(F)cc2)c1. The summed E-state index contributed by atoms with van der Waals surface area (Å²) in [5, 5.41) is 0. The van der Waals surface area contributed by atoms with E-state index in [2.05, 4.69) is 9.97 Å². The second-order valence-corrected chi connectivity index (χ2v) is 7.52. The highest BCUT2D eigenvalue weighted by Crippen LogP contribution is 2.37. The van der Waals surface area contributed by atoms with Crippen molar-refractivity contribution in [2.75, 3.05) is 12.3 Å². The highest BCUT2D eigenvalue weighted by molar-refractivity contribution is 5.94. The molecule has 1 fully saturated rings. The standard InChI is InChI=1S/C23H22FN5O2/c24-17-8-6-14(7-9-17)11-20(30)29-10-2-5-19(29)21-18(13-27-23(26)28-21)15-3-1-4-16(12-15)22(25)31/h1,3-4,6-9,12-13,19H,2,5,10-11H2,(H2,25,31)(H2,26,27,28)/t19-/m0/s1. The van der Waals surface area contributed by atoms with Gasteiger partial charge in [0, 0.05) is 23.9 Å². The van der Waals surface area contributed by atoms with Gasteiger partial charge in [-0.05, 0) is 48.2 Å². The van der Waals surface area contributed by atoms with Crippen LogP contribution in [0.25, 0.3) is 11.1 Å². The number of rotatable bonds is 5. The van der Waals surface area contributed by atoms with Crippen LogP contribution < -0.4 is 11.5 Å². The van der Waals surface area contributed by atoms with E-state index in [4.69, 9.17) is 11.5 Å². The number of nitrogens with two attached hydrogens (primary N) is 2. The first kappa shape index (κ1) is 20.5. The van der Waals surface area contributed by atoms with Gasteiger partial charge in [0.15, 0.2) is 0 Å². The highest BCUT2D eigenvalue weighted by atomic mass is 19.1. The molecule has 7 nitrogen and oxygen atoms in total. The number of anilines is 1. The zero-order valence-corrected chi connectivity index (χ0v) is 16.8. The molecule has 2 amide bonds. The number of hydrogen-bond donors (Lipinski definition) is 2. The van der Waals surface area contributed by atoms with E-state index in [1.54, 1.807) is 41.4 Å². The first-order chi connectivity index (χ1) is 14.9. The van der Waals surface area contributed by atoms with Gasteiger partial charge >= 0.3 is 0 Å². The predicted molar refractivity (Wildman–Crippen MR) is 114 cm³/mol. The smallest absolute Gasteiger partial charge is 0.248 e. The summed E-state index contributed by atoms with van der Waals surface area (Å²) in [6.07, 6.45) is 3.33. The van der Waals surface area contributed by atoms with Gasteiger partial charge in [-0.2, -0.15) is 0 Å². The summed E-state index contributed by atoms with van der Waals surface area (Å²) in [6, 6.07) is 12.5. The number of nitrogens with zero attached hydrogens (tertiary/aromatic N) is 3. The molecule has 8 heteroatoms. The van der Waals surface area contributed by atoms with Gasteiger partial charge < -0.3 is 16.4 Å². The molecule has 1 aromatic heterocycles. The Bertz CT molecular complexity index is 1130. The van der Waals surface area contributed by atoms with Gasteiger partial charge in [-0.25, -0.2) is 14.4 Å². The van der Waals surface area contributed by atoms with Crippen LogP contribution in [0, 0.1) is 5.82 Å². The van der Waals surface area contributed by atoms with E-state index in [0.29, 0.717) is 23.4 Å². The number of aromatic nitrogens is 2. The van der Waals surface area contributed by atoms with E-state index in [9.17, 15) is 14.0 Å². The van der Waals surface area contributed by atoms with E-state index >= 15 is 0 Å². The fourth-order valence-corrected chi connectivity index (χ4v) is 3.95. The Morgan fingerprint density at radius 2 is 1.94 bits per heavy atom. The molecule has 2 aromatic carbocycles. The van der Waals surface area contributed by atoms with Crippen molar-refractivity contribution in [2.24, 2.45) is 5.73 Å². The lowest BCUT2D eigenvalue weighted by molar-refractivity contribution is -0.131. The van der Waals surface area contributed by atoms with E-state index in [1.807, 2.05) is 6.07 Å². The molecule has 1 aliphatic heterocycles. The number of carbonyl (C=O) groups excluding carboxylic acids is 2. The molecular weight excluding hydrogens is 397 g/mol. The fourth-order valence-electron chi connectivity index (χ4n) is 3.95. The van der Waals surface area contributed by atoms with Crippen LogP contribution in [0.2, 0.25) is 0 Å². The van der Waals surface area contributed by atoms with Gasteiger partial charge in [-0.15, -0.1) is 0 Å². The van der Waals surface area contributed by atoms with E-state index < -0.39 is 5.91 Å². The lowest BCUT2D eigenvalue weighted by Crippen LogP contribution is -2.32. The van der Waals surface area contributed by atoms with Crippen molar-refractivity contribution in [2.45, 2.75) is 25.3 Å². The number of hydrogen-bond acceptors (Lipinski definition) is 5. The second-order valence-electron chi connectivity index (χ2n) is 7.52. The molecular formula is C23H22FN5O2. The number of halogens is 1. The number of carbonyl (C=O) groups is 2. The molecule has 3 aromatic rings. The lowest BCUT2D eigenvalue weighted by atomic mass is 9.98. The molecule has 158 valence electrons. The third-order valence-corrected chi connectivity index (χ3v) is 5.45. The number of primary amides is 1. The Kier molecular flexibility index (Phi) is 5.62. The summed E-state index contributed by atoms with van der Waals surface area (Å²) in [5.74, 6) is -0.822. The molecule has 0 spiro atoms. The van der Waals surface area contributed by atoms with Gasteiger partial charge in [0.25, 0.3) is 0 Å². The molecule has 4 N–H and O–H groups in total. The summed E-state index contributed by atoms with van der Waals surface area (Å²) in [4.78, 5) is 35.0. The maximum Gasteiger partial charge on any atom is 0.248 e. The molecule has 0 radical (unpaired) electrons. The average Bonchev–Trinajstić information content (AvgIpc) is 3.25. The van der Waals surface area contributed by atoms with Gasteiger partial charge in [-0.3, -0.25) is 9.59 Å². The number of likely N-dealkylation sites (tertiary alicyclic amines) is 1. The van der Waals surface area contributed by atoms with Gasteiger partial charge in [0.2, 0.25) is 17.8 Å². The minimum atomic E-state index is -0.531. The lowest BCUT2D eigenvalue weighted by Gasteiger charge is -2.26. The predicted octanol–water partition coefficient (Wildman–Crippen LogP) is 2.87. The molecule has 0 bridgehead atoms. The molecule has 1 atom stereocenters. The molecule has 0 saturated carbocycles. The monoisotopic (exact) mass is 419 g/mol. The summed E-state index contributed by atoms with van der Waals surface area (Å²) < 4.78 is 13.2. The summed E-state index contributed by atoms with van der Waals surface area (Å²) >= 11 is 0. The topological polar surface area (TPSA) is 115 Å². The third kappa shape index (κ3) is 4.37.